The quantitative estimate of drug-likeness (QED) is 0.670. The van der Waals surface area contributed by atoms with Crippen LogP contribution in [-0.4, -0.2) is 68.5 Å². The topological polar surface area (TPSA) is 73.9 Å². The van der Waals surface area contributed by atoms with E-state index in [1.807, 2.05) is 24.3 Å². The number of methoxy groups -OCH3 is 1. The highest BCUT2D eigenvalue weighted by molar-refractivity contribution is 6.40. The molecule has 3 rings (SSSR count). The largest absolute Gasteiger partial charge is 0.497 e. The van der Waals surface area contributed by atoms with E-state index >= 15 is 0 Å². The Morgan fingerprint density at radius 3 is 2.39 bits per heavy atom. The number of hydrogen-bond donors (Lipinski definition) is 2. The third kappa shape index (κ3) is 5.97. The summed E-state index contributed by atoms with van der Waals surface area (Å²) in [7, 11) is 3.73. The number of likely N-dealkylation sites (N-methyl/N-ethyl adjacent to an activating group) is 1. The van der Waals surface area contributed by atoms with Crippen LogP contribution in [0.1, 0.15) is 17.2 Å². The van der Waals surface area contributed by atoms with Gasteiger partial charge in [-0.2, -0.15) is 0 Å². The van der Waals surface area contributed by atoms with Crippen molar-refractivity contribution in [1.29, 1.82) is 0 Å². The lowest BCUT2D eigenvalue weighted by Gasteiger charge is -2.38. The molecule has 8 heteroatoms. The molecule has 0 unspecified atom stereocenters. The van der Waals surface area contributed by atoms with Crippen LogP contribution >= 0.6 is 11.6 Å². The lowest BCUT2D eigenvalue weighted by Crippen LogP contribution is -2.49. The molecule has 2 N–H and O–H groups in total. The van der Waals surface area contributed by atoms with E-state index in [0.717, 1.165) is 43.1 Å². The molecule has 0 bridgehead atoms. The first-order chi connectivity index (χ1) is 14.9. The van der Waals surface area contributed by atoms with Gasteiger partial charge in [-0.15, -0.1) is 0 Å². The van der Waals surface area contributed by atoms with Crippen LogP contribution < -0.4 is 15.4 Å². The Hall–Kier alpha value is -2.61. The average molecular weight is 445 g/mol. The highest BCUT2D eigenvalue weighted by Crippen LogP contribution is 2.25. The van der Waals surface area contributed by atoms with Crippen molar-refractivity contribution in [2.24, 2.45) is 0 Å². The van der Waals surface area contributed by atoms with Gasteiger partial charge in [-0.3, -0.25) is 14.5 Å². The highest BCUT2D eigenvalue weighted by atomic mass is 35.5. The van der Waals surface area contributed by atoms with Crippen LogP contribution in [0.25, 0.3) is 0 Å². The number of benzene rings is 2. The Morgan fingerprint density at radius 2 is 1.74 bits per heavy atom. The van der Waals surface area contributed by atoms with E-state index < -0.39 is 11.8 Å². The molecule has 1 aliphatic heterocycles. The smallest absolute Gasteiger partial charge is 0.313 e. The minimum atomic E-state index is -0.711. The molecule has 0 radical (unpaired) electrons. The van der Waals surface area contributed by atoms with Gasteiger partial charge in [-0.05, 0) is 49.4 Å². The monoisotopic (exact) mass is 444 g/mol. The average Bonchev–Trinajstić information content (AvgIpc) is 2.78. The molecule has 1 heterocycles. The molecular weight excluding hydrogens is 416 g/mol. The first kappa shape index (κ1) is 23.1. The van der Waals surface area contributed by atoms with Crippen LogP contribution in [0, 0.1) is 6.92 Å². The highest BCUT2D eigenvalue weighted by Gasteiger charge is 2.25. The summed E-state index contributed by atoms with van der Waals surface area (Å²) in [6, 6.07) is 13.0. The first-order valence-electron chi connectivity index (χ1n) is 10.3. The molecule has 1 saturated heterocycles. The van der Waals surface area contributed by atoms with E-state index in [1.54, 1.807) is 32.2 Å². The minimum absolute atomic E-state index is 0.0377. The van der Waals surface area contributed by atoms with Crippen molar-refractivity contribution < 1.29 is 14.3 Å². The molecule has 1 fully saturated rings. The van der Waals surface area contributed by atoms with Gasteiger partial charge in [0, 0.05) is 43.4 Å². The zero-order chi connectivity index (χ0) is 22.4. The van der Waals surface area contributed by atoms with Crippen LogP contribution in [0.4, 0.5) is 5.69 Å². The van der Waals surface area contributed by atoms with Gasteiger partial charge in [0.05, 0.1) is 13.2 Å². The van der Waals surface area contributed by atoms with Crippen LogP contribution in [0.5, 0.6) is 5.75 Å². The van der Waals surface area contributed by atoms with Crippen molar-refractivity contribution in [3.8, 4) is 5.75 Å². The Balaban J connectivity index is 1.67. The fourth-order valence-electron chi connectivity index (χ4n) is 3.61. The predicted octanol–water partition coefficient (Wildman–Crippen LogP) is 2.70. The molecule has 2 amide bonds. The molecule has 1 aliphatic rings. The van der Waals surface area contributed by atoms with E-state index in [1.165, 1.54) is 0 Å². The number of nitrogens with zero attached hydrogens (tertiary/aromatic N) is 2. The minimum Gasteiger partial charge on any atom is -0.497 e. The number of rotatable bonds is 6. The van der Waals surface area contributed by atoms with Gasteiger partial charge >= 0.3 is 11.8 Å². The summed E-state index contributed by atoms with van der Waals surface area (Å²) in [5.74, 6) is -0.606. The Labute approximate surface area is 188 Å². The standard InChI is InChI=1S/C23H29ClN4O3/c1-16-19(24)5-4-6-20(16)26-23(30)22(29)25-15-21(28-13-11-27(2)12-14-28)17-7-9-18(31-3)10-8-17/h4-10,21H,11-15H2,1-3H3,(H,25,29)(H,26,30)/t21-/m1/s1. The summed E-state index contributed by atoms with van der Waals surface area (Å²) < 4.78 is 5.26. The molecule has 2 aromatic carbocycles. The van der Waals surface area contributed by atoms with Gasteiger partial charge in [0.1, 0.15) is 5.75 Å². The van der Waals surface area contributed by atoms with Crippen molar-refractivity contribution in [2.45, 2.75) is 13.0 Å². The van der Waals surface area contributed by atoms with Crippen molar-refractivity contribution >= 4 is 29.1 Å². The Morgan fingerprint density at radius 1 is 1.06 bits per heavy atom. The number of hydrogen-bond acceptors (Lipinski definition) is 5. The normalized spacial score (nSPS) is 15.9. The maximum Gasteiger partial charge on any atom is 0.313 e. The van der Waals surface area contributed by atoms with Gasteiger partial charge in [-0.1, -0.05) is 29.8 Å². The molecular formula is C23H29ClN4O3. The summed E-state index contributed by atoms with van der Waals surface area (Å²) in [6.45, 7) is 5.80. The van der Waals surface area contributed by atoms with E-state index in [2.05, 4.69) is 27.5 Å². The second-order valence-electron chi connectivity index (χ2n) is 7.70. The molecule has 166 valence electrons. The lowest BCUT2D eigenvalue weighted by molar-refractivity contribution is -0.136. The zero-order valence-corrected chi connectivity index (χ0v) is 18.9. The van der Waals surface area contributed by atoms with Crippen LogP contribution in [0.3, 0.4) is 0 Å². The summed E-state index contributed by atoms with van der Waals surface area (Å²) in [6.07, 6.45) is 0. The molecule has 2 aromatic rings. The molecule has 0 saturated carbocycles. The van der Waals surface area contributed by atoms with Gasteiger partial charge < -0.3 is 20.3 Å². The number of carbonyl (C=O) groups is 2. The maximum absolute atomic E-state index is 12.5. The number of amides is 2. The lowest BCUT2D eigenvalue weighted by atomic mass is 10.0. The van der Waals surface area contributed by atoms with Crippen LogP contribution in [0.2, 0.25) is 5.02 Å². The SMILES string of the molecule is COc1ccc([C@@H](CNC(=O)C(=O)Nc2cccc(Cl)c2C)N2CCN(C)CC2)cc1. The number of anilines is 1. The van der Waals surface area contributed by atoms with Crippen molar-refractivity contribution in [3.63, 3.8) is 0 Å². The molecule has 0 spiro atoms. The third-order valence-electron chi connectivity index (χ3n) is 5.66. The second kappa shape index (κ2) is 10.6. The number of carbonyl (C=O) groups excluding carboxylic acids is 2. The van der Waals surface area contributed by atoms with E-state index in [4.69, 9.17) is 16.3 Å². The van der Waals surface area contributed by atoms with E-state index in [0.29, 0.717) is 17.3 Å². The second-order valence-corrected chi connectivity index (χ2v) is 8.11. The van der Waals surface area contributed by atoms with Crippen molar-refractivity contribution in [1.82, 2.24) is 15.1 Å². The van der Waals surface area contributed by atoms with Crippen molar-refractivity contribution in [2.75, 3.05) is 52.2 Å². The van der Waals surface area contributed by atoms with Crippen LogP contribution in [0.15, 0.2) is 42.5 Å². The fraction of sp³-hybridized carbons (Fsp3) is 0.391. The molecule has 0 aromatic heterocycles. The zero-order valence-electron chi connectivity index (χ0n) is 18.2. The first-order valence-corrected chi connectivity index (χ1v) is 10.7. The molecule has 31 heavy (non-hydrogen) atoms. The van der Waals surface area contributed by atoms with Gasteiger partial charge in [0.2, 0.25) is 0 Å². The summed E-state index contributed by atoms with van der Waals surface area (Å²) in [4.78, 5) is 29.5. The molecule has 7 nitrogen and oxygen atoms in total. The van der Waals surface area contributed by atoms with Gasteiger partial charge in [0.25, 0.3) is 0 Å². The van der Waals surface area contributed by atoms with E-state index in [-0.39, 0.29) is 6.04 Å². The number of ether oxygens (including phenoxy) is 1. The summed E-state index contributed by atoms with van der Waals surface area (Å²) >= 11 is 6.10. The summed E-state index contributed by atoms with van der Waals surface area (Å²) in [5, 5.41) is 5.98. The third-order valence-corrected chi connectivity index (χ3v) is 6.07. The van der Waals surface area contributed by atoms with Gasteiger partial charge in [0.15, 0.2) is 0 Å². The Bertz CT molecular complexity index is 912. The number of nitrogens with one attached hydrogen (secondary N) is 2. The molecule has 0 aliphatic carbocycles. The van der Waals surface area contributed by atoms with Gasteiger partial charge in [-0.25, -0.2) is 0 Å². The number of halogens is 1. The van der Waals surface area contributed by atoms with Crippen LogP contribution in [-0.2, 0) is 9.59 Å². The fourth-order valence-corrected chi connectivity index (χ4v) is 3.78. The maximum atomic E-state index is 12.5. The summed E-state index contributed by atoms with van der Waals surface area (Å²) in [5.41, 5.74) is 2.31. The molecule has 1 atom stereocenters. The van der Waals surface area contributed by atoms with E-state index in [9.17, 15) is 9.59 Å². The Kier molecular flexibility index (Phi) is 7.90. The predicted molar refractivity (Wildman–Crippen MR) is 123 cm³/mol. The van der Waals surface area contributed by atoms with Crippen molar-refractivity contribution in [3.05, 3.63) is 58.6 Å². The number of piperazine rings is 1.